The number of phenols is 1. The van der Waals surface area contributed by atoms with Crippen LogP contribution in [0.3, 0.4) is 0 Å². The molecule has 0 unspecified atom stereocenters. The van der Waals surface area contributed by atoms with Crippen molar-refractivity contribution >= 4 is 16.7 Å². The zero-order chi connectivity index (χ0) is 13.7. The first-order valence-electron chi connectivity index (χ1n) is 6.22. The van der Waals surface area contributed by atoms with Crippen molar-refractivity contribution in [1.29, 1.82) is 0 Å². The molecule has 0 saturated heterocycles. The van der Waals surface area contributed by atoms with E-state index in [4.69, 9.17) is 4.74 Å². The van der Waals surface area contributed by atoms with E-state index in [1.54, 1.807) is 19.2 Å². The molecule has 0 radical (unpaired) electrons. The van der Waals surface area contributed by atoms with Crippen molar-refractivity contribution in [3.05, 3.63) is 42.0 Å². The third kappa shape index (κ3) is 3.03. The molecule has 0 aliphatic carbocycles. The lowest BCUT2D eigenvalue weighted by atomic mass is 10.0. The lowest BCUT2D eigenvalue weighted by Crippen LogP contribution is -2.25. The van der Waals surface area contributed by atoms with Gasteiger partial charge >= 0.3 is 0 Å². The standard InChI is InChI=1S/C15H17NO3/c1-19-10-4-9-16-15(18)13-8-7-11-5-2-3-6-12(11)14(13)17/h2-3,5-8,17H,4,9-10H2,1H3,(H,16,18). The van der Waals surface area contributed by atoms with Gasteiger partial charge in [0.25, 0.3) is 5.91 Å². The summed E-state index contributed by atoms with van der Waals surface area (Å²) in [5, 5.41) is 14.5. The third-order valence-corrected chi connectivity index (χ3v) is 2.96. The normalized spacial score (nSPS) is 10.6. The van der Waals surface area contributed by atoms with Crippen molar-refractivity contribution < 1.29 is 14.6 Å². The highest BCUT2D eigenvalue weighted by atomic mass is 16.5. The number of carbonyl (C=O) groups excluding carboxylic acids is 1. The van der Waals surface area contributed by atoms with Gasteiger partial charge in [-0.05, 0) is 17.9 Å². The number of benzene rings is 2. The number of hydrogen-bond donors (Lipinski definition) is 2. The molecule has 0 atom stereocenters. The lowest BCUT2D eigenvalue weighted by Gasteiger charge is -2.08. The minimum absolute atomic E-state index is 0.0299. The largest absolute Gasteiger partial charge is 0.506 e. The van der Waals surface area contributed by atoms with E-state index in [2.05, 4.69) is 5.32 Å². The van der Waals surface area contributed by atoms with Crippen LogP contribution < -0.4 is 5.32 Å². The van der Waals surface area contributed by atoms with E-state index in [-0.39, 0.29) is 11.7 Å². The molecule has 0 aliphatic heterocycles. The van der Waals surface area contributed by atoms with Crippen molar-refractivity contribution in [2.45, 2.75) is 6.42 Å². The van der Waals surface area contributed by atoms with Gasteiger partial charge in [0.05, 0.1) is 5.56 Å². The second-order valence-electron chi connectivity index (χ2n) is 4.29. The Labute approximate surface area is 112 Å². The van der Waals surface area contributed by atoms with Gasteiger partial charge in [0.2, 0.25) is 0 Å². The van der Waals surface area contributed by atoms with E-state index in [0.717, 1.165) is 11.8 Å². The molecule has 0 aromatic heterocycles. The number of carbonyl (C=O) groups is 1. The molecular formula is C15H17NO3. The zero-order valence-corrected chi connectivity index (χ0v) is 10.8. The van der Waals surface area contributed by atoms with Crippen molar-refractivity contribution in [3.8, 4) is 5.75 Å². The summed E-state index contributed by atoms with van der Waals surface area (Å²) in [4.78, 5) is 12.0. The van der Waals surface area contributed by atoms with Gasteiger partial charge in [-0.1, -0.05) is 30.3 Å². The highest BCUT2D eigenvalue weighted by molar-refractivity contribution is 6.03. The number of hydrogen-bond acceptors (Lipinski definition) is 3. The second kappa shape index (κ2) is 6.20. The second-order valence-corrected chi connectivity index (χ2v) is 4.29. The fraction of sp³-hybridized carbons (Fsp3) is 0.267. The van der Waals surface area contributed by atoms with Gasteiger partial charge < -0.3 is 15.2 Å². The minimum Gasteiger partial charge on any atom is -0.506 e. The molecule has 2 aromatic carbocycles. The molecule has 0 fully saturated rings. The molecule has 0 spiro atoms. The molecule has 100 valence electrons. The van der Waals surface area contributed by atoms with Crippen LogP contribution in [-0.2, 0) is 4.74 Å². The Morgan fingerprint density at radius 3 is 2.84 bits per heavy atom. The molecule has 4 nitrogen and oxygen atoms in total. The SMILES string of the molecule is COCCCNC(=O)c1ccc2ccccc2c1O. The summed E-state index contributed by atoms with van der Waals surface area (Å²) in [6.07, 6.45) is 0.747. The maximum absolute atomic E-state index is 12.0. The van der Waals surface area contributed by atoms with Crippen LogP contribution in [0.25, 0.3) is 10.8 Å². The van der Waals surface area contributed by atoms with Gasteiger partial charge in [-0.3, -0.25) is 4.79 Å². The fourth-order valence-electron chi connectivity index (χ4n) is 1.95. The number of fused-ring (bicyclic) bond motifs is 1. The van der Waals surface area contributed by atoms with Crippen LogP contribution in [-0.4, -0.2) is 31.3 Å². The molecule has 2 rings (SSSR count). The van der Waals surface area contributed by atoms with Gasteiger partial charge in [0, 0.05) is 25.6 Å². The van der Waals surface area contributed by atoms with Crippen LogP contribution in [0.2, 0.25) is 0 Å². The van der Waals surface area contributed by atoms with E-state index < -0.39 is 0 Å². The quantitative estimate of drug-likeness (QED) is 0.810. The van der Waals surface area contributed by atoms with E-state index in [1.807, 2.05) is 24.3 Å². The van der Waals surface area contributed by atoms with Crippen LogP contribution >= 0.6 is 0 Å². The molecule has 19 heavy (non-hydrogen) atoms. The van der Waals surface area contributed by atoms with Crippen molar-refractivity contribution in [1.82, 2.24) is 5.32 Å². The van der Waals surface area contributed by atoms with Gasteiger partial charge in [0.15, 0.2) is 0 Å². The number of rotatable bonds is 5. The highest BCUT2D eigenvalue weighted by Gasteiger charge is 2.12. The number of methoxy groups -OCH3 is 1. The van der Waals surface area contributed by atoms with Gasteiger partial charge in [-0.15, -0.1) is 0 Å². The molecule has 0 aliphatic rings. The molecule has 1 amide bonds. The summed E-state index contributed by atoms with van der Waals surface area (Å²) in [6, 6.07) is 10.9. The Morgan fingerprint density at radius 1 is 1.26 bits per heavy atom. The Balaban J connectivity index is 2.16. The summed E-state index contributed by atoms with van der Waals surface area (Å²) in [7, 11) is 1.62. The number of aromatic hydroxyl groups is 1. The summed E-state index contributed by atoms with van der Waals surface area (Å²) in [6.45, 7) is 1.13. The monoisotopic (exact) mass is 259 g/mol. The van der Waals surface area contributed by atoms with Gasteiger partial charge in [-0.25, -0.2) is 0 Å². The first kappa shape index (κ1) is 13.4. The molecule has 4 heteroatoms. The predicted octanol–water partition coefficient (Wildman–Crippen LogP) is 2.31. The number of nitrogens with one attached hydrogen (secondary N) is 1. The molecular weight excluding hydrogens is 242 g/mol. The molecule has 0 bridgehead atoms. The summed E-state index contributed by atoms with van der Waals surface area (Å²) >= 11 is 0. The topological polar surface area (TPSA) is 58.6 Å². The van der Waals surface area contributed by atoms with Crippen molar-refractivity contribution in [2.75, 3.05) is 20.3 Å². The summed E-state index contributed by atoms with van der Waals surface area (Å²) < 4.78 is 4.91. The Bertz CT molecular complexity index is 581. The molecule has 0 heterocycles. The van der Waals surface area contributed by atoms with Crippen molar-refractivity contribution in [2.24, 2.45) is 0 Å². The molecule has 2 aromatic rings. The highest BCUT2D eigenvalue weighted by Crippen LogP contribution is 2.28. The average molecular weight is 259 g/mol. The first-order chi connectivity index (χ1) is 9.24. The molecule has 2 N–H and O–H groups in total. The fourth-order valence-corrected chi connectivity index (χ4v) is 1.95. The predicted molar refractivity (Wildman–Crippen MR) is 74.4 cm³/mol. The average Bonchev–Trinajstić information content (AvgIpc) is 2.44. The zero-order valence-electron chi connectivity index (χ0n) is 10.8. The van der Waals surface area contributed by atoms with Crippen LogP contribution in [0.5, 0.6) is 5.75 Å². The minimum atomic E-state index is -0.264. The van der Waals surface area contributed by atoms with E-state index >= 15 is 0 Å². The van der Waals surface area contributed by atoms with Crippen LogP contribution in [0.15, 0.2) is 36.4 Å². The van der Waals surface area contributed by atoms with Crippen molar-refractivity contribution in [3.63, 3.8) is 0 Å². The summed E-state index contributed by atoms with van der Waals surface area (Å²) in [5.41, 5.74) is 0.302. The van der Waals surface area contributed by atoms with Crippen LogP contribution in [0.4, 0.5) is 0 Å². The summed E-state index contributed by atoms with van der Waals surface area (Å²) in [5.74, 6) is -0.235. The number of phenolic OH excluding ortho intramolecular Hbond substituents is 1. The maximum atomic E-state index is 12.0. The lowest BCUT2D eigenvalue weighted by molar-refractivity contribution is 0.0946. The number of ether oxygens (including phenoxy) is 1. The van der Waals surface area contributed by atoms with Crippen LogP contribution in [0.1, 0.15) is 16.8 Å². The van der Waals surface area contributed by atoms with Gasteiger partial charge in [0.1, 0.15) is 5.75 Å². The Hall–Kier alpha value is -2.07. The first-order valence-corrected chi connectivity index (χ1v) is 6.22. The van der Waals surface area contributed by atoms with E-state index in [1.165, 1.54) is 0 Å². The Kier molecular flexibility index (Phi) is 4.36. The van der Waals surface area contributed by atoms with E-state index in [9.17, 15) is 9.90 Å². The van der Waals surface area contributed by atoms with E-state index in [0.29, 0.717) is 24.1 Å². The van der Waals surface area contributed by atoms with Gasteiger partial charge in [-0.2, -0.15) is 0 Å². The molecule has 0 saturated carbocycles. The van der Waals surface area contributed by atoms with Crippen LogP contribution in [0, 0.1) is 0 Å². The Morgan fingerprint density at radius 2 is 2.05 bits per heavy atom. The number of amides is 1. The smallest absolute Gasteiger partial charge is 0.255 e. The third-order valence-electron chi connectivity index (χ3n) is 2.96. The maximum Gasteiger partial charge on any atom is 0.255 e.